The van der Waals surface area contributed by atoms with Crippen molar-refractivity contribution in [2.24, 2.45) is 5.92 Å². The predicted octanol–water partition coefficient (Wildman–Crippen LogP) is 4.64. The fourth-order valence-corrected chi connectivity index (χ4v) is 2.55. The summed E-state index contributed by atoms with van der Waals surface area (Å²) in [5.74, 6) is 0.313. The third-order valence-corrected chi connectivity index (χ3v) is 3.93. The number of rotatable bonds is 5. The van der Waals surface area contributed by atoms with E-state index in [0.29, 0.717) is 11.6 Å². The van der Waals surface area contributed by atoms with Gasteiger partial charge in [0.25, 0.3) is 0 Å². The number of nitrogens with one attached hydrogen (secondary N) is 1. The molecule has 2 N–H and O–H groups in total. The van der Waals surface area contributed by atoms with Gasteiger partial charge in [0.1, 0.15) is 5.75 Å². The molecule has 122 valence electrons. The molecule has 0 radical (unpaired) electrons. The fourth-order valence-electron chi connectivity index (χ4n) is 2.55. The molecule has 2 aromatic carbocycles. The Kier molecular flexibility index (Phi) is 5.43. The highest BCUT2D eigenvalue weighted by molar-refractivity contribution is 5.96. The lowest BCUT2D eigenvalue weighted by Crippen LogP contribution is -2.19. The van der Waals surface area contributed by atoms with Crippen molar-refractivity contribution in [3.8, 4) is 5.75 Å². The molecule has 23 heavy (non-hydrogen) atoms. The summed E-state index contributed by atoms with van der Waals surface area (Å²) in [6.07, 6.45) is 1.04. The highest BCUT2D eigenvalue weighted by Gasteiger charge is 2.16. The molecule has 3 heteroatoms. The van der Waals surface area contributed by atoms with Crippen molar-refractivity contribution in [3.05, 3.63) is 59.2 Å². The Balaban J connectivity index is 2.07. The van der Waals surface area contributed by atoms with Crippen LogP contribution in [0.1, 0.15) is 43.4 Å². The molecule has 0 spiro atoms. The van der Waals surface area contributed by atoms with Crippen LogP contribution in [0.3, 0.4) is 0 Å². The van der Waals surface area contributed by atoms with Gasteiger partial charge in [-0.25, -0.2) is 0 Å². The van der Waals surface area contributed by atoms with Crippen molar-refractivity contribution < 1.29 is 9.90 Å². The van der Waals surface area contributed by atoms with Gasteiger partial charge in [0.15, 0.2) is 0 Å². The number of benzene rings is 2. The maximum absolute atomic E-state index is 12.4. The van der Waals surface area contributed by atoms with Crippen molar-refractivity contribution in [2.75, 3.05) is 5.32 Å². The minimum Gasteiger partial charge on any atom is -0.506 e. The number of hydrogen-bond donors (Lipinski definition) is 2. The summed E-state index contributed by atoms with van der Waals surface area (Å²) < 4.78 is 0. The first-order chi connectivity index (χ1) is 10.9. The van der Waals surface area contributed by atoms with Gasteiger partial charge in [-0.1, -0.05) is 44.2 Å². The van der Waals surface area contributed by atoms with Gasteiger partial charge < -0.3 is 10.4 Å². The number of phenolic OH excluding ortho intramolecular Hbond substituents is 1. The number of aromatic hydroxyl groups is 1. The van der Waals surface area contributed by atoms with E-state index in [1.807, 2.05) is 32.0 Å². The first-order valence-corrected chi connectivity index (χ1v) is 8.06. The second kappa shape index (κ2) is 7.32. The zero-order valence-electron chi connectivity index (χ0n) is 14.3. The second-order valence-corrected chi connectivity index (χ2v) is 6.57. The van der Waals surface area contributed by atoms with E-state index in [-0.39, 0.29) is 17.6 Å². The molecule has 0 heterocycles. The molecule has 3 nitrogen and oxygen atoms in total. The van der Waals surface area contributed by atoms with Gasteiger partial charge in [-0.3, -0.25) is 4.79 Å². The van der Waals surface area contributed by atoms with Gasteiger partial charge in [-0.05, 0) is 55.0 Å². The SMILES string of the molecule is Cc1ccc(NC(=O)[C@@H](C)c2ccc(CC(C)C)cc2)c(O)c1. The third-order valence-electron chi connectivity index (χ3n) is 3.93. The molecule has 0 aromatic heterocycles. The molecule has 0 saturated heterocycles. The van der Waals surface area contributed by atoms with E-state index in [2.05, 4.69) is 31.3 Å². The summed E-state index contributed by atoms with van der Waals surface area (Å²) in [6, 6.07) is 13.4. The van der Waals surface area contributed by atoms with E-state index < -0.39 is 0 Å². The molecule has 0 bridgehead atoms. The van der Waals surface area contributed by atoms with E-state index in [0.717, 1.165) is 17.5 Å². The lowest BCUT2D eigenvalue weighted by atomic mass is 9.96. The third kappa shape index (κ3) is 4.59. The normalized spacial score (nSPS) is 12.2. The molecule has 1 atom stereocenters. The zero-order chi connectivity index (χ0) is 17.0. The Labute approximate surface area is 138 Å². The van der Waals surface area contributed by atoms with Crippen molar-refractivity contribution in [2.45, 2.75) is 40.0 Å². The molecule has 2 rings (SSSR count). The first kappa shape index (κ1) is 17.1. The summed E-state index contributed by atoms with van der Waals surface area (Å²) >= 11 is 0. The fraction of sp³-hybridized carbons (Fsp3) is 0.350. The number of carbonyl (C=O) groups is 1. The zero-order valence-corrected chi connectivity index (χ0v) is 14.3. The number of aryl methyl sites for hydroxylation is 1. The lowest BCUT2D eigenvalue weighted by molar-refractivity contribution is -0.117. The minimum atomic E-state index is -0.274. The molecule has 0 unspecified atom stereocenters. The van der Waals surface area contributed by atoms with Crippen LogP contribution in [0.15, 0.2) is 42.5 Å². The quantitative estimate of drug-likeness (QED) is 0.790. The van der Waals surface area contributed by atoms with Crippen LogP contribution in [0.5, 0.6) is 5.75 Å². The molecule has 2 aromatic rings. The summed E-state index contributed by atoms with van der Waals surface area (Å²) in [5, 5.41) is 12.7. The average Bonchev–Trinajstić information content (AvgIpc) is 2.49. The lowest BCUT2D eigenvalue weighted by Gasteiger charge is -2.14. The van der Waals surface area contributed by atoms with Gasteiger partial charge in [0, 0.05) is 0 Å². The predicted molar refractivity (Wildman–Crippen MR) is 94.9 cm³/mol. The van der Waals surface area contributed by atoms with Gasteiger partial charge in [-0.2, -0.15) is 0 Å². The molecule has 0 aliphatic carbocycles. The van der Waals surface area contributed by atoms with Crippen LogP contribution in [0.4, 0.5) is 5.69 Å². The van der Waals surface area contributed by atoms with Crippen LogP contribution in [-0.4, -0.2) is 11.0 Å². The Morgan fingerprint density at radius 1 is 1.09 bits per heavy atom. The molecule has 0 aliphatic heterocycles. The first-order valence-electron chi connectivity index (χ1n) is 8.06. The topological polar surface area (TPSA) is 49.3 Å². The van der Waals surface area contributed by atoms with Gasteiger partial charge in [0.2, 0.25) is 5.91 Å². The largest absolute Gasteiger partial charge is 0.506 e. The van der Waals surface area contributed by atoms with Crippen LogP contribution in [0.2, 0.25) is 0 Å². The highest BCUT2D eigenvalue weighted by atomic mass is 16.3. The summed E-state index contributed by atoms with van der Waals surface area (Å²) in [6.45, 7) is 8.15. The average molecular weight is 311 g/mol. The number of hydrogen-bond acceptors (Lipinski definition) is 2. The number of amides is 1. The summed E-state index contributed by atoms with van der Waals surface area (Å²) in [4.78, 5) is 12.4. The van der Waals surface area contributed by atoms with E-state index in [4.69, 9.17) is 0 Å². The molecule has 0 aliphatic rings. The van der Waals surface area contributed by atoms with E-state index >= 15 is 0 Å². The van der Waals surface area contributed by atoms with E-state index in [1.165, 1.54) is 5.56 Å². The van der Waals surface area contributed by atoms with E-state index in [1.54, 1.807) is 12.1 Å². The van der Waals surface area contributed by atoms with Crippen LogP contribution in [-0.2, 0) is 11.2 Å². The van der Waals surface area contributed by atoms with Crippen molar-refractivity contribution in [1.82, 2.24) is 0 Å². The van der Waals surface area contributed by atoms with Crippen LogP contribution >= 0.6 is 0 Å². The number of anilines is 1. The molecule has 0 fully saturated rings. The van der Waals surface area contributed by atoms with Gasteiger partial charge >= 0.3 is 0 Å². The van der Waals surface area contributed by atoms with E-state index in [9.17, 15) is 9.90 Å². The Bertz CT molecular complexity index is 675. The van der Waals surface area contributed by atoms with Crippen molar-refractivity contribution in [3.63, 3.8) is 0 Å². The van der Waals surface area contributed by atoms with Gasteiger partial charge in [-0.15, -0.1) is 0 Å². The molecular weight excluding hydrogens is 286 g/mol. The van der Waals surface area contributed by atoms with Crippen LogP contribution in [0.25, 0.3) is 0 Å². The monoisotopic (exact) mass is 311 g/mol. The molecule has 1 amide bonds. The maximum atomic E-state index is 12.4. The minimum absolute atomic E-state index is 0.0952. The Morgan fingerprint density at radius 3 is 2.30 bits per heavy atom. The summed E-state index contributed by atoms with van der Waals surface area (Å²) in [7, 11) is 0. The van der Waals surface area contributed by atoms with Crippen LogP contribution in [0, 0.1) is 12.8 Å². The van der Waals surface area contributed by atoms with Crippen molar-refractivity contribution in [1.29, 1.82) is 0 Å². The standard InChI is InChI=1S/C20H25NO2/c1-13(2)11-16-6-8-17(9-7-16)15(4)20(23)21-18-10-5-14(3)12-19(18)22/h5-10,12-13,15,22H,11H2,1-4H3,(H,21,23)/t15-/m0/s1. The number of carbonyl (C=O) groups excluding carboxylic acids is 1. The Morgan fingerprint density at radius 2 is 1.74 bits per heavy atom. The number of phenols is 1. The molecule has 0 saturated carbocycles. The maximum Gasteiger partial charge on any atom is 0.231 e. The smallest absolute Gasteiger partial charge is 0.231 e. The highest BCUT2D eigenvalue weighted by Crippen LogP contribution is 2.26. The molecular formula is C20H25NO2. The van der Waals surface area contributed by atoms with Crippen LogP contribution < -0.4 is 5.32 Å². The van der Waals surface area contributed by atoms with Crippen molar-refractivity contribution >= 4 is 11.6 Å². The van der Waals surface area contributed by atoms with Gasteiger partial charge in [0.05, 0.1) is 11.6 Å². The summed E-state index contributed by atoms with van der Waals surface area (Å²) in [5.41, 5.74) is 3.66. The Hall–Kier alpha value is -2.29. The second-order valence-electron chi connectivity index (χ2n) is 6.57.